The normalized spacial score (nSPS) is 12.1. The summed E-state index contributed by atoms with van der Waals surface area (Å²) in [5.41, 5.74) is 2.41. The Morgan fingerprint density at radius 3 is 2.93 bits per heavy atom. The molecule has 4 rings (SSSR count). The maximum absolute atomic E-state index is 13.0. The fourth-order valence-electron chi connectivity index (χ4n) is 3.17. The summed E-state index contributed by atoms with van der Waals surface area (Å²) in [6.45, 7) is 2.65. The van der Waals surface area contributed by atoms with Gasteiger partial charge in [0.25, 0.3) is 11.6 Å². The Morgan fingerprint density at radius 2 is 2.17 bits per heavy atom. The van der Waals surface area contributed by atoms with E-state index in [1.54, 1.807) is 30.7 Å². The maximum Gasteiger partial charge on any atom is 0.298 e. The topological polar surface area (TPSA) is 104 Å². The van der Waals surface area contributed by atoms with E-state index in [2.05, 4.69) is 9.98 Å². The standard InChI is InChI=1S/C19H17N5O4S/c1-12-17(23-8-4-3-5-16(23)20-12)18(25)21-19-22(9-10-28-2)14-7-6-13(24(26)27)11-15(14)29-19/h3-8,11H,9-10H2,1-2H3. The second kappa shape index (κ2) is 7.57. The van der Waals surface area contributed by atoms with Crippen LogP contribution < -0.4 is 4.80 Å². The van der Waals surface area contributed by atoms with Gasteiger partial charge in [-0.25, -0.2) is 4.98 Å². The largest absolute Gasteiger partial charge is 0.383 e. The highest BCUT2D eigenvalue weighted by Gasteiger charge is 2.17. The van der Waals surface area contributed by atoms with E-state index < -0.39 is 10.8 Å². The minimum atomic E-state index is -0.442. The summed E-state index contributed by atoms with van der Waals surface area (Å²) in [6, 6.07) is 10.1. The van der Waals surface area contributed by atoms with Crippen LogP contribution in [0.4, 0.5) is 5.69 Å². The molecule has 9 nitrogen and oxygen atoms in total. The van der Waals surface area contributed by atoms with Crippen LogP contribution in [0.5, 0.6) is 0 Å². The number of carbonyl (C=O) groups excluding carboxylic acids is 1. The highest BCUT2D eigenvalue weighted by molar-refractivity contribution is 7.16. The molecule has 10 heteroatoms. The van der Waals surface area contributed by atoms with E-state index in [0.717, 1.165) is 5.52 Å². The average Bonchev–Trinajstić information content (AvgIpc) is 3.21. The number of amides is 1. The van der Waals surface area contributed by atoms with E-state index in [9.17, 15) is 14.9 Å². The second-order valence-electron chi connectivity index (χ2n) is 6.33. The van der Waals surface area contributed by atoms with Crippen LogP contribution >= 0.6 is 11.3 Å². The highest BCUT2D eigenvalue weighted by atomic mass is 32.1. The van der Waals surface area contributed by atoms with Gasteiger partial charge in [-0.1, -0.05) is 17.4 Å². The van der Waals surface area contributed by atoms with E-state index in [4.69, 9.17) is 4.74 Å². The zero-order valence-corrected chi connectivity index (χ0v) is 16.5. The Hall–Kier alpha value is -3.37. The quantitative estimate of drug-likeness (QED) is 0.371. The molecule has 0 aliphatic heterocycles. The summed E-state index contributed by atoms with van der Waals surface area (Å²) in [4.78, 5) is 32.9. The number of rotatable bonds is 5. The molecule has 3 heterocycles. The first-order chi connectivity index (χ1) is 14.0. The third-order valence-corrected chi connectivity index (χ3v) is 5.54. The Labute approximate surface area is 168 Å². The first-order valence-corrected chi connectivity index (χ1v) is 9.60. The minimum absolute atomic E-state index is 0.00635. The molecule has 29 heavy (non-hydrogen) atoms. The second-order valence-corrected chi connectivity index (χ2v) is 7.34. The van der Waals surface area contributed by atoms with Crippen LogP contribution in [0.1, 0.15) is 16.2 Å². The van der Waals surface area contributed by atoms with Gasteiger partial charge in [0.1, 0.15) is 11.3 Å². The lowest BCUT2D eigenvalue weighted by atomic mass is 10.3. The Kier molecular flexibility index (Phi) is 4.95. The van der Waals surface area contributed by atoms with Crippen molar-refractivity contribution in [3.63, 3.8) is 0 Å². The molecule has 0 saturated carbocycles. The van der Waals surface area contributed by atoms with Gasteiger partial charge in [-0.15, -0.1) is 0 Å². The monoisotopic (exact) mass is 411 g/mol. The molecule has 0 unspecified atom stereocenters. The number of non-ortho nitro benzene ring substituents is 1. The summed E-state index contributed by atoms with van der Waals surface area (Å²) in [7, 11) is 1.59. The van der Waals surface area contributed by atoms with Gasteiger partial charge < -0.3 is 9.30 Å². The van der Waals surface area contributed by atoms with Crippen molar-refractivity contribution in [3.8, 4) is 0 Å². The van der Waals surface area contributed by atoms with E-state index in [1.807, 2.05) is 22.8 Å². The molecule has 0 aliphatic rings. The van der Waals surface area contributed by atoms with E-state index in [0.29, 0.717) is 39.7 Å². The molecule has 0 saturated heterocycles. The third kappa shape index (κ3) is 3.43. The van der Waals surface area contributed by atoms with Crippen LogP contribution in [0.2, 0.25) is 0 Å². The van der Waals surface area contributed by atoms with Crippen LogP contribution in [0.25, 0.3) is 15.9 Å². The first-order valence-electron chi connectivity index (χ1n) is 8.79. The van der Waals surface area contributed by atoms with Gasteiger partial charge in [0.05, 0.1) is 27.4 Å². The van der Waals surface area contributed by atoms with Crippen molar-refractivity contribution in [2.45, 2.75) is 13.5 Å². The number of ether oxygens (including phenoxy) is 1. The molecule has 3 aromatic heterocycles. The third-order valence-electron chi connectivity index (χ3n) is 4.50. The summed E-state index contributed by atoms with van der Waals surface area (Å²) < 4.78 is 9.39. The number of carbonyl (C=O) groups is 1. The number of hydrogen-bond acceptors (Lipinski definition) is 6. The molecule has 4 aromatic rings. The van der Waals surface area contributed by atoms with Crippen LogP contribution in [-0.2, 0) is 11.3 Å². The highest BCUT2D eigenvalue weighted by Crippen LogP contribution is 2.23. The molecule has 0 atom stereocenters. The number of pyridine rings is 1. The zero-order valence-electron chi connectivity index (χ0n) is 15.7. The van der Waals surface area contributed by atoms with Crippen molar-refractivity contribution in [3.05, 3.63) is 68.9 Å². The van der Waals surface area contributed by atoms with Crippen molar-refractivity contribution < 1.29 is 14.5 Å². The van der Waals surface area contributed by atoms with Gasteiger partial charge in [-0.05, 0) is 25.1 Å². The molecule has 0 N–H and O–H groups in total. The van der Waals surface area contributed by atoms with Crippen LogP contribution in [0.3, 0.4) is 0 Å². The lowest BCUT2D eigenvalue weighted by Crippen LogP contribution is -2.20. The van der Waals surface area contributed by atoms with Crippen molar-refractivity contribution >= 4 is 38.8 Å². The van der Waals surface area contributed by atoms with Gasteiger partial charge in [0.15, 0.2) is 4.80 Å². The van der Waals surface area contributed by atoms with Crippen LogP contribution in [0.15, 0.2) is 47.6 Å². The van der Waals surface area contributed by atoms with Gasteiger partial charge in [-0.2, -0.15) is 4.99 Å². The Balaban J connectivity index is 1.88. The van der Waals surface area contributed by atoms with E-state index >= 15 is 0 Å². The van der Waals surface area contributed by atoms with Crippen molar-refractivity contribution in [2.24, 2.45) is 4.99 Å². The number of nitro groups is 1. The predicted molar refractivity (Wildman–Crippen MR) is 108 cm³/mol. The summed E-state index contributed by atoms with van der Waals surface area (Å²) in [5.74, 6) is -0.423. The lowest BCUT2D eigenvalue weighted by molar-refractivity contribution is -0.384. The number of aryl methyl sites for hydroxylation is 1. The SMILES string of the molecule is COCCn1c(=NC(=O)c2c(C)nc3ccccn23)sc2cc([N+](=O)[O-])ccc21. The van der Waals surface area contributed by atoms with E-state index in [1.165, 1.54) is 23.5 Å². The van der Waals surface area contributed by atoms with Gasteiger partial charge in [0, 0.05) is 32.0 Å². The molecule has 0 radical (unpaired) electrons. The molecule has 1 amide bonds. The number of imidazole rings is 1. The minimum Gasteiger partial charge on any atom is -0.383 e. The molecule has 0 spiro atoms. The van der Waals surface area contributed by atoms with Gasteiger partial charge >= 0.3 is 0 Å². The maximum atomic E-state index is 13.0. The fraction of sp³-hybridized carbons (Fsp3) is 0.211. The number of fused-ring (bicyclic) bond motifs is 2. The smallest absolute Gasteiger partial charge is 0.298 e. The summed E-state index contributed by atoms with van der Waals surface area (Å²) in [6.07, 6.45) is 1.77. The van der Waals surface area contributed by atoms with Crippen LogP contribution in [-0.4, -0.2) is 38.5 Å². The molecule has 0 fully saturated rings. The number of hydrogen-bond donors (Lipinski definition) is 0. The molecular formula is C19H17N5O4S. The molecule has 1 aromatic carbocycles. The van der Waals surface area contributed by atoms with Crippen molar-refractivity contribution in [1.29, 1.82) is 0 Å². The molecule has 0 bridgehead atoms. The number of thiazole rings is 1. The molecule has 0 aliphatic carbocycles. The van der Waals surface area contributed by atoms with Gasteiger partial charge in [0.2, 0.25) is 0 Å². The summed E-state index contributed by atoms with van der Waals surface area (Å²) in [5, 5.41) is 11.1. The average molecular weight is 411 g/mol. The Morgan fingerprint density at radius 1 is 1.34 bits per heavy atom. The number of aromatic nitrogens is 3. The fourth-order valence-corrected chi connectivity index (χ4v) is 4.26. The number of nitro benzene ring substituents is 1. The number of methoxy groups -OCH3 is 1. The zero-order chi connectivity index (χ0) is 20.5. The predicted octanol–water partition coefficient (Wildman–Crippen LogP) is 2.95. The lowest BCUT2D eigenvalue weighted by Gasteiger charge is -2.04. The van der Waals surface area contributed by atoms with E-state index in [-0.39, 0.29) is 5.69 Å². The number of nitrogens with zero attached hydrogens (tertiary/aromatic N) is 5. The Bertz CT molecular complexity index is 1320. The van der Waals surface area contributed by atoms with Crippen LogP contribution in [0, 0.1) is 17.0 Å². The molecular weight excluding hydrogens is 394 g/mol. The molecule has 148 valence electrons. The number of benzene rings is 1. The van der Waals surface area contributed by atoms with Crippen molar-refractivity contribution in [1.82, 2.24) is 14.0 Å². The summed E-state index contributed by atoms with van der Waals surface area (Å²) >= 11 is 1.23. The van der Waals surface area contributed by atoms with Crippen molar-refractivity contribution in [2.75, 3.05) is 13.7 Å². The van der Waals surface area contributed by atoms with Gasteiger partial charge in [-0.3, -0.25) is 19.3 Å². The first kappa shape index (κ1) is 19.0.